The molecule has 0 spiro atoms. The van der Waals surface area contributed by atoms with Gasteiger partial charge in [0.2, 0.25) is 0 Å². The summed E-state index contributed by atoms with van der Waals surface area (Å²) in [5.74, 6) is 0.704. The molecule has 2 fully saturated rings. The Kier molecular flexibility index (Phi) is 6.47. The Morgan fingerprint density at radius 1 is 1.21 bits per heavy atom. The predicted octanol–water partition coefficient (Wildman–Crippen LogP) is 4.69. The topological polar surface area (TPSA) is 72.3 Å². The Balaban J connectivity index is 1.25. The van der Waals surface area contributed by atoms with Crippen molar-refractivity contribution < 1.29 is 22.7 Å². The van der Waals surface area contributed by atoms with Gasteiger partial charge in [-0.05, 0) is 73.5 Å². The van der Waals surface area contributed by atoms with E-state index >= 15 is 4.39 Å². The van der Waals surface area contributed by atoms with Crippen molar-refractivity contribution in [3.05, 3.63) is 76.6 Å². The van der Waals surface area contributed by atoms with E-state index in [2.05, 4.69) is 15.5 Å². The zero-order valence-corrected chi connectivity index (χ0v) is 21.2. The fourth-order valence-corrected chi connectivity index (χ4v) is 6.04. The van der Waals surface area contributed by atoms with Crippen molar-refractivity contribution in [1.29, 1.82) is 0 Å². The number of fused-ring (bicyclic) bond motifs is 1. The van der Waals surface area contributed by atoms with Gasteiger partial charge in [0.25, 0.3) is 5.91 Å². The number of ether oxygens (including phenoxy) is 1. The first-order valence-electron chi connectivity index (χ1n) is 13.1. The van der Waals surface area contributed by atoms with Crippen molar-refractivity contribution in [3.8, 4) is 0 Å². The molecule has 0 radical (unpaired) electrons. The summed E-state index contributed by atoms with van der Waals surface area (Å²) in [7, 11) is 1.81. The van der Waals surface area contributed by atoms with Crippen LogP contribution in [0.25, 0.3) is 0 Å². The molecule has 2 aliphatic carbocycles. The highest BCUT2D eigenvalue weighted by Crippen LogP contribution is 2.50. The fourth-order valence-electron chi connectivity index (χ4n) is 6.04. The van der Waals surface area contributed by atoms with E-state index in [1.54, 1.807) is 21.9 Å². The molecule has 0 atom stereocenters. The first kappa shape index (κ1) is 25.1. The van der Waals surface area contributed by atoms with Crippen LogP contribution in [0.4, 0.5) is 18.9 Å². The number of hydrogen-bond donors (Lipinski definition) is 1. The lowest BCUT2D eigenvalue weighted by atomic mass is 9.62. The summed E-state index contributed by atoms with van der Waals surface area (Å²) in [5, 5.41) is 11.7. The van der Waals surface area contributed by atoms with Crippen LogP contribution in [0.2, 0.25) is 0 Å². The molecular weight excluding hydrogens is 495 g/mol. The first-order valence-corrected chi connectivity index (χ1v) is 13.1. The summed E-state index contributed by atoms with van der Waals surface area (Å²) in [6.45, 7) is -1.29. The van der Waals surface area contributed by atoms with Gasteiger partial charge in [0.05, 0.1) is 18.1 Å². The number of nitrogens with zero attached hydrogens (tertiary/aromatic N) is 4. The third kappa shape index (κ3) is 4.39. The van der Waals surface area contributed by atoms with Gasteiger partial charge in [0.15, 0.2) is 0 Å². The van der Waals surface area contributed by atoms with E-state index in [-0.39, 0.29) is 18.3 Å². The molecule has 3 aromatic rings. The second-order valence-electron chi connectivity index (χ2n) is 10.7. The molecule has 0 unspecified atom stereocenters. The zero-order chi connectivity index (χ0) is 26.4. The van der Waals surface area contributed by atoms with Crippen molar-refractivity contribution in [2.45, 2.75) is 63.3 Å². The second-order valence-corrected chi connectivity index (χ2v) is 10.7. The maximum absolute atomic E-state index is 15.1. The van der Waals surface area contributed by atoms with E-state index in [1.807, 2.05) is 31.3 Å². The fraction of sp³-hybridized carbons (Fsp3) is 0.464. The number of nitrogens with one attached hydrogen (secondary N) is 1. The van der Waals surface area contributed by atoms with Crippen LogP contribution in [-0.2, 0) is 30.3 Å². The molecule has 2 heterocycles. The number of hydrogen-bond acceptors (Lipinski definition) is 5. The molecule has 0 bridgehead atoms. The van der Waals surface area contributed by atoms with Gasteiger partial charge >= 0.3 is 6.61 Å². The van der Waals surface area contributed by atoms with Crippen molar-refractivity contribution in [2.75, 3.05) is 11.4 Å². The molecule has 1 aliphatic heterocycles. The minimum atomic E-state index is -2.85. The van der Waals surface area contributed by atoms with Gasteiger partial charge in [-0.2, -0.15) is 8.78 Å². The van der Waals surface area contributed by atoms with Crippen molar-refractivity contribution in [3.63, 3.8) is 0 Å². The van der Waals surface area contributed by atoms with E-state index in [0.29, 0.717) is 47.9 Å². The Labute approximate surface area is 219 Å². The van der Waals surface area contributed by atoms with E-state index in [4.69, 9.17) is 4.74 Å². The molecule has 0 saturated heterocycles. The molecule has 38 heavy (non-hydrogen) atoms. The summed E-state index contributed by atoms with van der Waals surface area (Å²) < 4.78 is 47.4. The Hall–Kier alpha value is -3.24. The third-order valence-corrected chi connectivity index (χ3v) is 8.33. The van der Waals surface area contributed by atoms with Crippen LogP contribution in [0, 0.1) is 11.7 Å². The van der Waals surface area contributed by atoms with Crippen LogP contribution in [0.5, 0.6) is 0 Å². The summed E-state index contributed by atoms with van der Waals surface area (Å²) in [4.78, 5) is 15.0. The average Bonchev–Trinajstić information content (AvgIpc) is 3.41. The van der Waals surface area contributed by atoms with Gasteiger partial charge < -0.3 is 19.5 Å². The summed E-state index contributed by atoms with van der Waals surface area (Å²) >= 11 is 0. The summed E-state index contributed by atoms with van der Waals surface area (Å²) in [5.41, 5.74) is 2.29. The Morgan fingerprint density at radius 2 is 2.03 bits per heavy atom. The number of anilines is 1. The number of amides is 1. The Morgan fingerprint density at radius 3 is 2.71 bits per heavy atom. The normalized spacial score (nSPS) is 23.0. The van der Waals surface area contributed by atoms with E-state index in [0.717, 1.165) is 17.7 Å². The highest BCUT2D eigenvalue weighted by Gasteiger charge is 2.51. The molecule has 2 saturated carbocycles. The van der Waals surface area contributed by atoms with E-state index in [1.165, 1.54) is 25.3 Å². The van der Waals surface area contributed by atoms with Gasteiger partial charge in [-0.25, -0.2) is 4.39 Å². The molecular formula is C28H30F3N5O2. The summed E-state index contributed by atoms with van der Waals surface area (Å²) in [6, 6.07) is 10.7. The van der Waals surface area contributed by atoms with Gasteiger partial charge in [-0.15, -0.1) is 10.2 Å². The standard InChI is InChI=1S/C28H30F3N5O2/c1-35-16-33-34-26(35)28(11-21(12-28)38-27(30)31)19-6-3-7-20(10-19)36-15-23-22(25(36)37)8-18(9-24(23)29)14-32-13-17-4-2-5-17/h3,6-10,16-17,21,27,32H,2,4-5,11-15H2,1H3. The number of aryl methyl sites for hydroxylation is 1. The smallest absolute Gasteiger partial charge is 0.320 e. The number of carbonyl (C=O) groups excluding carboxylic acids is 1. The minimum absolute atomic E-state index is 0.132. The monoisotopic (exact) mass is 525 g/mol. The lowest BCUT2D eigenvalue weighted by Crippen LogP contribution is -2.49. The van der Waals surface area contributed by atoms with Crippen LogP contribution < -0.4 is 10.2 Å². The number of aromatic nitrogens is 3. The molecule has 200 valence electrons. The molecule has 10 heteroatoms. The second kappa shape index (κ2) is 9.81. The number of alkyl halides is 2. The van der Waals surface area contributed by atoms with Gasteiger partial charge in [-0.1, -0.05) is 18.6 Å². The lowest BCUT2D eigenvalue weighted by Gasteiger charge is -2.46. The molecule has 1 N–H and O–H groups in total. The zero-order valence-electron chi connectivity index (χ0n) is 21.2. The molecule has 2 aromatic carbocycles. The largest absolute Gasteiger partial charge is 0.345 e. The molecule has 7 nitrogen and oxygen atoms in total. The first-order chi connectivity index (χ1) is 18.3. The minimum Gasteiger partial charge on any atom is -0.320 e. The SMILES string of the molecule is Cn1cnnc1C1(c2cccc(N3Cc4c(F)cc(CNCC5CCC5)cc4C3=O)c2)CC(OC(F)F)C1. The lowest BCUT2D eigenvalue weighted by molar-refractivity contribution is -0.192. The number of carbonyl (C=O) groups is 1. The molecule has 3 aliphatic rings. The van der Waals surface area contributed by atoms with Crippen LogP contribution in [-0.4, -0.2) is 39.9 Å². The summed E-state index contributed by atoms with van der Waals surface area (Å²) in [6.07, 6.45) is 5.32. The van der Waals surface area contributed by atoms with Crippen molar-refractivity contribution in [1.82, 2.24) is 20.1 Å². The van der Waals surface area contributed by atoms with Crippen molar-refractivity contribution >= 4 is 11.6 Å². The molecule has 1 aromatic heterocycles. The van der Waals surface area contributed by atoms with Crippen LogP contribution >= 0.6 is 0 Å². The van der Waals surface area contributed by atoms with E-state index in [9.17, 15) is 13.6 Å². The number of rotatable bonds is 9. The number of benzene rings is 2. The van der Waals surface area contributed by atoms with Crippen LogP contribution in [0.15, 0.2) is 42.7 Å². The van der Waals surface area contributed by atoms with Crippen LogP contribution in [0.1, 0.15) is 65.0 Å². The van der Waals surface area contributed by atoms with Gasteiger partial charge in [0, 0.05) is 30.4 Å². The van der Waals surface area contributed by atoms with Crippen molar-refractivity contribution in [2.24, 2.45) is 13.0 Å². The quantitative estimate of drug-likeness (QED) is 0.439. The maximum Gasteiger partial charge on any atom is 0.345 e. The third-order valence-electron chi connectivity index (χ3n) is 8.33. The molecule has 6 rings (SSSR count). The van der Waals surface area contributed by atoms with E-state index < -0.39 is 18.1 Å². The average molecular weight is 526 g/mol. The van der Waals surface area contributed by atoms with Crippen LogP contribution in [0.3, 0.4) is 0 Å². The highest BCUT2D eigenvalue weighted by molar-refractivity contribution is 6.10. The molecule has 1 amide bonds. The predicted molar refractivity (Wildman–Crippen MR) is 134 cm³/mol. The van der Waals surface area contributed by atoms with Gasteiger partial charge in [-0.3, -0.25) is 4.79 Å². The highest BCUT2D eigenvalue weighted by atomic mass is 19.3. The maximum atomic E-state index is 15.1. The Bertz CT molecular complexity index is 1350. The van der Waals surface area contributed by atoms with Gasteiger partial charge in [0.1, 0.15) is 18.0 Å². The number of halogens is 3.